The van der Waals surface area contributed by atoms with Gasteiger partial charge in [-0.1, -0.05) is 40.5 Å². The molecule has 2 rings (SSSR count). The van der Waals surface area contributed by atoms with E-state index in [-0.39, 0.29) is 6.04 Å². The van der Waals surface area contributed by atoms with E-state index < -0.39 is 0 Å². The van der Waals surface area contributed by atoms with Crippen LogP contribution in [-0.2, 0) is 0 Å². The van der Waals surface area contributed by atoms with Crippen molar-refractivity contribution in [3.8, 4) is 0 Å². The zero-order chi connectivity index (χ0) is 14.7. The Morgan fingerprint density at radius 3 is 2.50 bits per heavy atom. The fourth-order valence-electron chi connectivity index (χ4n) is 1.96. The Labute approximate surface area is 153 Å². The smallest absolute Gasteiger partial charge is 0.0761 e. The number of hydrogen-bond donors (Lipinski definition) is 1. The molecular formula is C14H13Br3ClNS. The Bertz CT molecular complexity index is 600. The minimum absolute atomic E-state index is 0.138. The SMILES string of the molecule is CCCNC(c1ccc(Cl)cc1Br)c1cc(Br)sc1Br. The van der Waals surface area contributed by atoms with Gasteiger partial charge in [0, 0.05) is 9.50 Å². The van der Waals surface area contributed by atoms with Crippen molar-refractivity contribution >= 4 is 70.7 Å². The standard InChI is InChI=1S/C14H13Br3ClNS/c1-2-5-19-13(10-7-12(16)20-14(10)17)9-4-3-8(18)6-11(9)15/h3-4,6-7,13,19H,2,5H2,1H3. The Kier molecular flexibility index (Phi) is 6.57. The van der Waals surface area contributed by atoms with Crippen LogP contribution in [0.3, 0.4) is 0 Å². The lowest BCUT2D eigenvalue weighted by Gasteiger charge is -2.20. The monoisotopic (exact) mass is 499 g/mol. The number of benzene rings is 1. The van der Waals surface area contributed by atoms with Gasteiger partial charge in [0.15, 0.2) is 0 Å². The molecule has 0 saturated heterocycles. The molecule has 0 aliphatic carbocycles. The van der Waals surface area contributed by atoms with Crippen LogP contribution in [0, 0.1) is 0 Å². The highest BCUT2D eigenvalue weighted by Crippen LogP contribution is 2.40. The maximum absolute atomic E-state index is 6.04. The molecule has 1 unspecified atom stereocenters. The maximum atomic E-state index is 6.04. The molecule has 0 bridgehead atoms. The van der Waals surface area contributed by atoms with Crippen LogP contribution in [0.2, 0.25) is 5.02 Å². The summed E-state index contributed by atoms with van der Waals surface area (Å²) in [5, 5.41) is 4.34. The summed E-state index contributed by atoms with van der Waals surface area (Å²) in [5.74, 6) is 0. The van der Waals surface area contributed by atoms with Crippen LogP contribution < -0.4 is 5.32 Å². The lowest BCUT2D eigenvalue weighted by molar-refractivity contribution is 0.597. The fraction of sp³-hybridized carbons (Fsp3) is 0.286. The number of thiophene rings is 1. The molecule has 1 atom stereocenters. The zero-order valence-electron chi connectivity index (χ0n) is 10.7. The highest BCUT2D eigenvalue weighted by molar-refractivity contribution is 9.12. The molecule has 1 aromatic carbocycles. The zero-order valence-corrected chi connectivity index (χ0v) is 17.1. The van der Waals surface area contributed by atoms with Crippen molar-refractivity contribution in [2.75, 3.05) is 6.54 Å². The summed E-state index contributed by atoms with van der Waals surface area (Å²) in [5.41, 5.74) is 2.42. The van der Waals surface area contributed by atoms with Crippen LogP contribution in [0.4, 0.5) is 0 Å². The molecule has 0 aliphatic heterocycles. The lowest BCUT2D eigenvalue weighted by Crippen LogP contribution is -2.23. The Morgan fingerprint density at radius 1 is 1.20 bits per heavy atom. The molecule has 20 heavy (non-hydrogen) atoms. The van der Waals surface area contributed by atoms with E-state index in [0.29, 0.717) is 0 Å². The highest BCUT2D eigenvalue weighted by Gasteiger charge is 2.20. The van der Waals surface area contributed by atoms with Gasteiger partial charge in [0.1, 0.15) is 0 Å². The second-order valence-corrected chi connectivity index (χ2v) is 9.37. The third kappa shape index (κ3) is 4.08. The molecule has 0 saturated carbocycles. The van der Waals surface area contributed by atoms with E-state index in [0.717, 1.165) is 30.0 Å². The fourth-order valence-corrected chi connectivity index (χ4v) is 5.78. The van der Waals surface area contributed by atoms with Crippen LogP contribution in [0.5, 0.6) is 0 Å². The van der Waals surface area contributed by atoms with Crippen molar-refractivity contribution in [3.05, 3.63) is 52.5 Å². The molecule has 6 heteroatoms. The summed E-state index contributed by atoms with van der Waals surface area (Å²) < 4.78 is 3.28. The molecular weight excluding hydrogens is 489 g/mol. The van der Waals surface area contributed by atoms with Gasteiger partial charge >= 0.3 is 0 Å². The first-order valence-corrected chi connectivity index (χ1v) is 9.73. The average Bonchev–Trinajstić information content (AvgIpc) is 2.71. The van der Waals surface area contributed by atoms with E-state index in [2.05, 4.69) is 72.2 Å². The molecule has 0 spiro atoms. The van der Waals surface area contributed by atoms with Gasteiger partial charge in [-0.2, -0.15) is 0 Å². The first-order chi connectivity index (χ1) is 9.52. The Balaban J connectivity index is 2.44. The Hall–Kier alpha value is 0.610. The van der Waals surface area contributed by atoms with Crippen LogP contribution in [0.1, 0.15) is 30.5 Å². The minimum atomic E-state index is 0.138. The molecule has 1 nitrogen and oxygen atoms in total. The Morgan fingerprint density at radius 2 is 1.95 bits per heavy atom. The molecule has 2 aromatic rings. The van der Waals surface area contributed by atoms with Crippen molar-refractivity contribution < 1.29 is 0 Å². The summed E-state index contributed by atoms with van der Waals surface area (Å²) >= 11 is 18.6. The molecule has 108 valence electrons. The largest absolute Gasteiger partial charge is 0.306 e. The van der Waals surface area contributed by atoms with Gasteiger partial charge < -0.3 is 5.32 Å². The van der Waals surface area contributed by atoms with Crippen LogP contribution in [0.15, 0.2) is 36.3 Å². The molecule has 1 heterocycles. The van der Waals surface area contributed by atoms with Gasteiger partial charge in [-0.3, -0.25) is 0 Å². The molecule has 1 N–H and O–H groups in total. The summed E-state index contributed by atoms with van der Waals surface area (Å²) in [6, 6.07) is 8.23. The van der Waals surface area contributed by atoms with Crippen LogP contribution in [-0.4, -0.2) is 6.54 Å². The second kappa shape index (κ2) is 7.75. The summed E-state index contributed by atoms with van der Waals surface area (Å²) in [7, 11) is 0. The van der Waals surface area contributed by atoms with Gasteiger partial charge in [0.05, 0.1) is 13.6 Å². The molecule has 0 aliphatic rings. The molecule has 0 fully saturated rings. The van der Waals surface area contributed by atoms with Gasteiger partial charge in [0.25, 0.3) is 0 Å². The van der Waals surface area contributed by atoms with Crippen molar-refractivity contribution in [2.45, 2.75) is 19.4 Å². The predicted octanol–water partition coefficient (Wildman–Crippen LogP) is 6.78. The molecule has 0 radical (unpaired) electrons. The first-order valence-electron chi connectivity index (χ1n) is 6.16. The average molecular weight is 502 g/mol. The van der Waals surface area contributed by atoms with E-state index >= 15 is 0 Å². The van der Waals surface area contributed by atoms with Crippen LogP contribution >= 0.6 is 70.7 Å². The normalized spacial score (nSPS) is 12.7. The van der Waals surface area contributed by atoms with Crippen molar-refractivity contribution in [1.82, 2.24) is 5.32 Å². The predicted molar refractivity (Wildman–Crippen MR) is 99.0 cm³/mol. The highest BCUT2D eigenvalue weighted by atomic mass is 79.9. The van der Waals surface area contributed by atoms with E-state index in [9.17, 15) is 0 Å². The number of nitrogens with one attached hydrogen (secondary N) is 1. The topological polar surface area (TPSA) is 12.0 Å². The van der Waals surface area contributed by atoms with E-state index in [1.807, 2.05) is 12.1 Å². The summed E-state index contributed by atoms with van der Waals surface area (Å²) in [6.07, 6.45) is 1.09. The van der Waals surface area contributed by atoms with Crippen molar-refractivity contribution in [1.29, 1.82) is 0 Å². The molecule has 1 aromatic heterocycles. The number of halogens is 4. The van der Waals surface area contributed by atoms with E-state index in [1.54, 1.807) is 11.3 Å². The van der Waals surface area contributed by atoms with Gasteiger partial charge in [-0.25, -0.2) is 0 Å². The summed E-state index contributed by atoms with van der Waals surface area (Å²) in [6.45, 7) is 3.12. The number of rotatable bonds is 5. The maximum Gasteiger partial charge on any atom is 0.0761 e. The van der Waals surface area contributed by atoms with Crippen LogP contribution in [0.25, 0.3) is 0 Å². The van der Waals surface area contributed by atoms with Crippen molar-refractivity contribution in [3.63, 3.8) is 0 Å². The van der Waals surface area contributed by atoms with Gasteiger partial charge in [-0.05, 0) is 74.2 Å². The van der Waals surface area contributed by atoms with E-state index in [4.69, 9.17) is 11.6 Å². The third-order valence-corrected chi connectivity index (χ3v) is 6.17. The van der Waals surface area contributed by atoms with Gasteiger partial charge in [-0.15, -0.1) is 11.3 Å². The third-order valence-electron chi connectivity index (χ3n) is 2.87. The second-order valence-electron chi connectivity index (χ2n) is 4.33. The quantitative estimate of drug-likeness (QED) is 0.476. The summed E-state index contributed by atoms with van der Waals surface area (Å²) in [4.78, 5) is 0. The van der Waals surface area contributed by atoms with Crippen molar-refractivity contribution in [2.24, 2.45) is 0 Å². The van der Waals surface area contributed by atoms with E-state index in [1.165, 1.54) is 11.1 Å². The lowest BCUT2D eigenvalue weighted by atomic mass is 10.0. The minimum Gasteiger partial charge on any atom is -0.306 e. The molecule has 0 amide bonds. The first kappa shape index (κ1) is 17.0. The number of hydrogen-bond acceptors (Lipinski definition) is 2. The van der Waals surface area contributed by atoms with Gasteiger partial charge in [0.2, 0.25) is 0 Å².